The van der Waals surface area contributed by atoms with Crippen LogP contribution in [0.5, 0.6) is 5.75 Å². The summed E-state index contributed by atoms with van der Waals surface area (Å²) in [7, 11) is 0. The van der Waals surface area contributed by atoms with Gasteiger partial charge in [0, 0.05) is 22.4 Å². The van der Waals surface area contributed by atoms with Gasteiger partial charge in [0.25, 0.3) is 0 Å². The van der Waals surface area contributed by atoms with E-state index in [1.165, 1.54) is 22.2 Å². The highest BCUT2D eigenvalue weighted by Gasteiger charge is 2.07. The first-order valence-electron chi connectivity index (χ1n) is 6.34. The van der Waals surface area contributed by atoms with Crippen LogP contribution >= 0.6 is 11.3 Å². The van der Waals surface area contributed by atoms with Crippen molar-refractivity contribution in [1.82, 2.24) is 0 Å². The van der Waals surface area contributed by atoms with Crippen molar-refractivity contribution in [1.29, 1.82) is 0 Å². The average Bonchev–Trinajstić information content (AvgIpc) is 2.89. The van der Waals surface area contributed by atoms with Crippen molar-refractivity contribution in [3.8, 4) is 5.75 Å². The van der Waals surface area contributed by atoms with Crippen LogP contribution in [0.25, 0.3) is 10.1 Å². The van der Waals surface area contributed by atoms with Gasteiger partial charge in [0.15, 0.2) is 0 Å². The summed E-state index contributed by atoms with van der Waals surface area (Å²) >= 11 is 1.70. The lowest BCUT2D eigenvalue weighted by molar-refractivity contribution is 0.304. The minimum atomic E-state index is -0.293. The van der Waals surface area contributed by atoms with Gasteiger partial charge < -0.3 is 10.5 Å². The maximum atomic E-state index is 13.1. The molecule has 2 nitrogen and oxygen atoms in total. The Kier molecular flexibility index (Phi) is 3.67. The average molecular weight is 287 g/mol. The molecule has 102 valence electrons. The Morgan fingerprint density at radius 1 is 1.10 bits per heavy atom. The second-order valence-electron chi connectivity index (χ2n) is 4.50. The zero-order valence-corrected chi connectivity index (χ0v) is 11.6. The monoisotopic (exact) mass is 287 g/mol. The largest absolute Gasteiger partial charge is 0.489 e. The van der Waals surface area contributed by atoms with Crippen molar-refractivity contribution in [3.05, 3.63) is 64.8 Å². The normalized spacial score (nSPS) is 10.9. The smallest absolute Gasteiger partial charge is 0.124 e. The fourth-order valence-corrected chi connectivity index (χ4v) is 3.10. The molecule has 1 heterocycles. The molecule has 1 aromatic heterocycles. The van der Waals surface area contributed by atoms with Crippen molar-refractivity contribution in [2.45, 2.75) is 13.2 Å². The SMILES string of the molecule is NCc1cc(F)ccc1OCc1csc2ccccc12. The molecule has 3 aromatic rings. The summed E-state index contributed by atoms with van der Waals surface area (Å²) in [6.45, 7) is 0.722. The Bertz CT molecular complexity index is 738. The first-order valence-corrected chi connectivity index (χ1v) is 7.22. The van der Waals surface area contributed by atoms with E-state index in [2.05, 4.69) is 17.5 Å². The zero-order chi connectivity index (χ0) is 13.9. The summed E-state index contributed by atoms with van der Waals surface area (Å²) in [5, 5.41) is 3.30. The van der Waals surface area contributed by atoms with E-state index >= 15 is 0 Å². The topological polar surface area (TPSA) is 35.2 Å². The lowest BCUT2D eigenvalue weighted by Gasteiger charge is -2.10. The standard InChI is InChI=1S/C16H14FNOS/c17-13-5-6-15(11(7-13)8-18)19-9-12-10-20-16-4-2-1-3-14(12)16/h1-7,10H,8-9,18H2. The quantitative estimate of drug-likeness (QED) is 0.784. The Morgan fingerprint density at radius 2 is 1.95 bits per heavy atom. The summed E-state index contributed by atoms with van der Waals surface area (Å²) in [6.07, 6.45) is 0. The first kappa shape index (κ1) is 13.1. The zero-order valence-electron chi connectivity index (χ0n) is 10.8. The Morgan fingerprint density at radius 3 is 2.80 bits per heavy atom. The van der Waals surface area contributed by atoms with Crippen molar-refractivity contribution in [2.75, 3.05) is 0 Å². The number of halogens is 1. The molecular formula is C16H14FNOS. The Balaban J connectivity index is 1.83. The second kappa shape index (κ2) is 5.61. The van der Waals surface area contributed by atoms with E-state index in [-0.39, 0.29) is 12.4 Å². The van der Waals surface area contributed by atoms with Crippen molar-refractivity contribution in [3.63, 3.8) is 0 Å². The number of thiophene rings is 1. The summed E-state index contributed by atoms with van der Waals surface area (Å²) < 4.78 is 20.2. The molecule has 0 radical (unpaired) electrons. The molecule has 0 bridgehead atoms. The molecule has 2 aromatic carbocycles. The minimum Gasteiger partial charge on any atom is -0.489 e. The third kappa shape index (κ3) is 2.53. The van der Waals surface area contributed by atoms with E-state index in [1.54, 1.807) is 17.4 Å². The van der Waals surface area contributed by atoms with Crippen LogP contribution in [-0.4, -0.2) is 0 Å². The molecule has 0 spiro atoms. The van der Waals surface area contributed by atoms with Crippen molar-refractivity contribution < 1.29 is 9.13 Å². The molecule has 20 heavy (non-hydrogen) atoms. The predicted octanol–water partition coefficient (Wildman–Crippen LogP) is 4.08. The number of benzene rings is 2. The van der Waals surface area contributed by atoms with Gasteiger partial charge >= 0.3 is 0 Å². The van der Waals surface area contributed by atoms with Crippen LogP contribution in [0.3, 0.4) is 0 Å². The van der Waals surface area contributed by atoms with E-state index in [1.807, 2.05) is 12.1 Å². The highest BCUT2D eigenvalue weighted by molar-refractivity contribution is 7.17. The highest BCUT2D eigenvalue weighted by atomic mass is 32.1. The van der Waals surface area contributed by atoms with Crippen LogP contribution in [0.4, 0.5) is 4.39 Å². The molecule has 0 unspecified atom stereocenters. The highest BCUT2D eigenvalue weighted by Crippen LogP contribution is 2.27. The second-order valence-corrected chi connectivity index (χ2v) is 5.41. The third-order valence-corrected chi connectivity index (χ3v) is 4.20. The molecule has 0 atom stereocenters. The summed E-state index contributed by atoms with van der Waals surface area (Å²) in [4.78, 5) is 0. The first-order chi connectivity index (χ1) is 9.78. The fraction of sp³-hybridized carbons (Fsp3) is 0.125. The molecule has 0 fully saturated rings. The van der Waals surface area contributed by atoms with Crippen molar-refractivity contribution in [2.24, 2.45) is 5.73 Å². The maximum absolute atomic E-state index is 13.1. The number of rotatable bonds is 4. The van der Waals surface area contributed by atoms with Gasteiger partial charge in [-0.15, -0.1) is 11.3 Å². The fourth-order valence-electron chi connectivity index (χ4n) is 2.15. The van der Waals surface area contributed by atoms with Gasteiger partial charge in [0.2, 0.25) is 0 Å². The maximum Gasteiger partial charge on any atom is 0.124 e. The molecule has 0 amide bonds. The van der Waals surface area contributed by atoms with E-state index in [9.17, 15) is 4.39 Å². The number of nitrogens with two attached hydrogens (primary N) is 1. The van der Waals surface area contributed by atoms with Gasteiger partial charge in [-0.05, 0) is 35.0 Å². The molecular weight excluding hydrogens is 273 g/mol. The molecule has 0 saturated heterocycles. The molecule has 0 aliphatic rings. The van der Waals surface area contributed by atoms with Crippen LogP contribution in [0.15, 0.2) is 47.8 Å². The van der Waals surface area contributed by atoms with Gasteiger partial charge in [-0.25, -0.2) is 4.39 Å². The summed E-state index contributed by atoms with van der Waals surface area (Å²) in [6, 6.07) is 12.6. The van der Waals surface area contributed by atoms with Gasteiger partial charge in [0.1, 0.15) is 18.2 Å². The predicted molar refractivity (Wildman–Crippen MR) is 80.4 cm³/mol. The van der Waals surface area contributed by atoms with Crippen LogP contribution in [-0.2, 0) is 13.2 Å². The van der Waals surface area contributed by atoms with Crippen LogP contribution in [0.1, 0.15) is 11.1 Å². The molecule has 2 N–H and O–H groups in total. The number of hydrogen-bond donors (Lipinski definition) is 1. The minimum absolute atomic E-state index is 0.261. The lowest BCUT2D eigenvalue weighted by atomic mass is 10.2. The number of fused-ring (bicyclic) bond motifs is 1. The number of hydrogen-bond acceptors (Lipinski definition) is 3. The van der Waals surface area contributed by atoms with Gasteiger partial charge in [-0.3, -0.25) is 0 Å². The van der Waals surface area contributed by atoms with Crippen LogP contribution in [0, 0.1) is 5.82 Å². The molecule has 3 rings (SSSR count). The molecule has 0 aliphatic carbocycles. The van der Waals surface area contributed by atoms with Crippen molar-refractivity contribution >= 4 is 21.4 Å². The van der Waals surface area contributed by atoms with E-state index in [0.29, 0.717) is 17.9 Å². The van der Waals surface area contributed by atoms with Gasteiger partial charge in [-0.2, -0.15) is 0 Å². The van der Waals surface area contributed by atoms with Crippen LogP contribution in [0.2, 0.25) is 0 Å². The number of ether oxygens (including phenoxy) is 1. The molecule has 0 saturated carbocycles. The van der Waals surface area contributed by atoms with E-state index in [4.69, 9.17) is 10.5 Å². The van der Waals surface area contributed by atoms with Crippen LogP contribution < -0.4 is 10.5 Å². The van der Waals surface area contributed by atoms with Gasteiger partial charge in [0.05, 0.1) is 0 Å². The van der Waals surface area contributed by atoms with Gasteiger partial charge in [-0.1, -0.05) is 18.2 Å². The Labute approximate surface area is 120 Å². The molecule has 0 aliphatic heterocycles. The van der Waals surface area contributed by atoms with E-state index in [0.717, 1.165) is 5.56 Å². The third-order valence-electron chi connectivity index (χ3n) is 3.19. The lowest BCUT2D eigenvalue weighted by Crippen LogP contribution is -2.03. The molecule has 4 heteroatoms. The summed E-state index contributed by atoms with van der Waals surface area (Å²) in [5.41, 5.74) is 7.44. The summed E-state index contributed by atoms with van der Waals surface area (Å²) in [5.74, 6) is 0.350. The van der Waals surface area contributed by atoms with E-state index < -0.39 is 0 Å². The Hall–Kier alpha value is -1.91.